The van der Waals surface area contributed by atoms with Crippen LogP contribution in [0.2, 0.25) is 36.3 Å². The minimum absolute atomic E-state index is 0.103. The lowest BCUT2D eigenvalue weighted by molar-refractivity contribution is -0.0586. The average molecular weight is 1820 g/mol. The average Bonchev–Trinajstić information content (AvgIpc) is 0.774. The van der Waals surface area contributed by atoms with Crippen molar-refractivity contribution in [1.29, 1.82) is 0 Å². The third kappa shape index (κ3) is 29.7. The zero-order chi connectivity index (χ0) is 94.8. The Hall–Kier alpha value is -8.55. The first kappa shape index (κ1) is 106. The number of nitrogens with one attached hydrogen (secondary N) is 2. The highest BCUT2D eigenvalue weighted by Gasteiger charge is 2.50. The fraction of sp³-hybridized carbons (Fsp3) is 0.495. The predicted octanol–water partition coefficient (Wildman–Crippen LogP) is 19.4. The Labute approximate surface area is 772 Å². The summed E-state index contributed by atoms with van der Waals surface area (Å²) >= 11 is 0. The maximum atomic E-state index is 13.6. The van der Waals surface area contributed by atoms with Crippen LogP contribution in [-0.4, -0.2) is 190 Å². The van der Waals surface area contributed by atoms with Crippen LogP contribution in [0, 0.1) is 74.1 Å². The molecule has 0 saturated carbocycles. The number of terminal acetylenes is 6. The Balaban J connectivity index is 0.000000187. The molecule has 14 rings (SSSR count). The summed E-state index contributed by atoms with van der Waals surface area (Å²) in [6.07, 6.45) is 39.2. The molecular weight excluding hydrogens is 1680 g/mol. The molecule has 7 aromatic rings. The van der Waals surface area contributed by atoms with Gasteiger partial charge in [-0.05, 0) is 227 Å². The van der Waals surface area contributed by atoms with E-state index in [9.17, 15) is 40.6 Å². The number of hydrogen-bond acceptors (Lipinski definition) is 14. The number of halogens is 5. The first-order valence-corrected chi connectivity index (χ1v) is 52.3. The molecule has 14 atom stereocenters. The summed E-state index contributed by atoms with van der Waals surface area (Å²) in [4.78, 5) is 10.3. The maximum absolute atomic E-state index is 13.6. The normalized spacial score (nSPS) is 23.1. The highest BCUT2D eigenvalue weighted by atomic mass is 32.2. The quantitative estimate of drug-likeness (QED) is 0.0201. The Bertz CT molecular complexity index is 4940. The third-order valence-corrected chi connectivity index (χ3v) is 36.9. The standard InChI is InChI=1S/C20H31NOSi.C17H29NOSi.C15H16F3NO3S.2C14H16FN.C14H17NO.C13H15NO/c1-8-13-21(5)19-15-17(22-23(6,7)20(2,3)4)14-16-11-9-10-12-18(16)19;1-17(2,3)20(5,6)19-14-11-13-9-7-8-10-15(13)16(12-14)18-4;1-3-8-19(2)14-10-12(22-23(20,21)15(16,17)18)9-11-6-4-5-7-13(11)14;2*1-3-8-16(2)14-10-12(15)9-11-6-4-5-7-13(11)14;1-3-8-15(2)14-10-12(16)9-11-6-4-5-7-13(11)14;1-2-7-14-13-9-11(15)8-10-5-3-4-6-12(10)13/h1,9-12,17,19H,13-15H2,2-7H3;7-10,14,16,18H,11-12H2,1-6H3;1,4-7,12,14H,8-10H2,2H3;2*1,4-7,12,14H,8-10H2,2H3;1,4-7,12,14,16H,8-10H2,2H3;1,3-6,11,13-15H,7-9H2/i;;;15-1;;;. The van der Waals surface area contributed by atoms with Gasteiger partial charge < -0.3 is 24.4 Å². The van der Waals surface area contributed by atoms with Gasteiger partial charge in [0.15, 0.2) is 16.6 Å². The van der Waals surface area contributed by atoms with E-state index in [0.717, 1.165) is 73.6 Å². The van der Waals surface area contributed by atoms with Crippen molar-refractivity contribution in [3.63, 3.8) is 0 Å². The summed E-state index contributed by atoms with van der Waals surface area (Å²) in [6, 6.07) is 58.5. The van der Waals surface area contributed by atoms with Crippen LogP contribution in [0.25, 0.3) is 0 Å². The zero-order valence-electron chi connectivity index (χ0n) is 78.8. The summed E-state index contributed by atoms with van der Waals surface area (Å²) in [5.74, 6) is 15.7. The van der Waals surface area contributed by atoms with Gasteiger partial charge in [0.05, 0.1) is 69.8 Å². The number of nitrogens with zero attached hydrogens (tertiary/aromatic N) is 5. The van der Waals surface area contributed by atoms with E-state index < -0.39 is 50.7 Å². The number of hydrogen-bond donors (Lipinski definition) is 4. The third-order valence-electron chi connectivity index (χ3n) is 26.7. The lowest BCUT2D eigenvalue weighted by Crippen LogP contribution is -2.46. The van der Waals surface area contributed by atoms with E-state index in [4.69, 9.17) is 47.4 Å². The summed E-state index contributed by atoms with van der Waals surface area (Å²) in [6.45, 7) is 26.5. The van der Waals surface area contributed by atoms with Gasteiger partial charge in [0.25, 0.3) is 0 Å². The molecule has 694 valence electrons. The molecule has 0 aromatic heterocycles. The highest BCUT2D eigenvalue weighted by Crippen LogP contribution is 2.46. The largest absolute Gasteiger partial charge is 0.523 e. The van der Waals surface area contributed by atoms with Gasteiger partial charge in [0.2, 0.25) is 0 Å². The minimum atomic E-state index is -5.62. The molecule has 7 aliphatic rings. The van der Waals surface area contributed by atoms with E-state index in [0.29, 0.717) is 76.6 Å². The van der Waals surface area contributed by atoms with Gasteiger partial charge in [-0.15, -0.1) is 38.5 Å². The van der Waals surface area contributed by atoms with Crippen LogP contribution in [0.1, 0.15) is 207 Å². The second-order valence-electron chi connectivity index (χ2n) is 38.2. The molecule has 0 bridgehead atoms. The topological polar surface area (TPSA) is 143 Å². The van der Waals surface area contributed by atoms with Gasteiger partial charge in [-0.2, -0.15) is 21.6 Å². The van der Waals surface area contributed by atoms with Gasteiger partial charge in [0.1, 0.15) is 12.3 Å². The molecular formula is C107H140F5N7O7SSi2. The van der Waals surface area contributed by atoms with Crippen molar-refractivity contribution in [2.45, 2.75) is 258 Å². The first-order valence-electron chi connectivity index (χ1n) is 45.1. The summed E-state index contributed by atoms with van der Waals surface area (Å²) in [5, 5.41) is 26.8. The van der Waals surface area contributed by atoms with E-state index in [2.05, 4.69) is 227 Å². The molecule has 129 heavy (non-hydrogen) atoms. The molecule has 0 amide bonds. The first-order chi connectivity index (χ1) is 61.0. The molecule has 0 spiro atoms. The van der Waals surface area contributed by atoms with Crippen molar-refractivity contribution in [3.05, 3.63) is 248 Å². The van der Waals surface area contributed by atoms with Crippen molar-refractivity contribution >= 4 is 26.8 Å². The van der Waals surface area contributed by atoms with Crippen molar-refractivity contribution in [1.82, 2.24) is 35.1 Å². The number of fused-ring (bicyclic) bond motifs is 7. The van der Waals surface area contributed by atoms with Crippen LogP contribution < -0.4 is 10.6 Å². The molecule has 0 saturated heterocycles. The summed E-state index contributed by atoms with van der Waals surface area (Å²) in [5.41, 5.74) is 11.7. The molecule has 0 fully saturated rings. The molecule has 14 unspecified atom stereocenters. The Morgan fingerprint density at radius 3 is 0.969 bits per heavy atom. The number of rotatable bonds is 19. The van der Waals surface area contributed by atoms with E-state index in [-0.39, 0.29) is 78.0 Å². The highest BCUT2D eigenvalue weighted by molar-refractivity contribution is 7.87. The van der Waals surface area contributed by atoms with Crippen LogP contribution in [0.4, 0.5) is 22.0 Å². The minimum Gasteiger partial charge on any atom is -0.414 e. The molecule has 22 heteroatoms. The van der Waals surface area contributed by atoms with Crippen molar-refractivity contribution in [2.75, 3.05) is 81.6 Å². The van der Waals surface area contributed by atoms with Gasteiger partial charge in [-0.3, -0.25) is 34.0 Å². The van der Waals surface area contributed by atoms with Gasteiger partial charge in [-0.25, -0.2) is 8.78 Å². The fourth-order valence-corrected chi connectivity index (χ4v) is 21.3. The maximum Gasteiger partial charge on any atom is 0.523 e. The summed E-state index contributed by atoms with van der Waals surface area (Å²) in [7, 11) is 2.78. The molecule has 0 aliphatic heterocycles. The Morgan fingerprint density at radius 1 is 0.380 bits per heavy atom. The molecule has 7 aliphatic carbocycles. The van der Waals surface area contributed by atoms with Gasteiger partial charge in [0, 0.05) is 61.6 Å². The second-order valence-corrected chi connectivity index (χ2v) is 49.3. The lowest BCUT2D eigenvalue weighted by Gasteiger charge is -2.43. The van der Waals surface area contributed by atoms with E-state index >= 15 is 0 Å². The molecule has 0 heterocycles. The Kier molecular flexibility index (Phi) is 40.0. The number of alkyl halides is 5. The van der Waals surface area contributed by atoms with E-state index in [1.54, 1.807) is 24.1 Å². The lowest BCUT2D eigenvalue weighted by atomic mass is 9.85. The number of aliphatic hydroxyl groups excluding tert-OH is 2. The second kappa shape index (κ2) is 48.7. The molecule has 4 N–H and O–H groups in total. The van der Waals surface area contributed by atoms with Crippen molar-refractivity contribution in [2.24, 2.45) is 0 Å². The van der Waals surface area contributed by atoms with Crippen LogP contribution >= 0.6 is 0 Å². The monoisotopic (exact) mass is 1820 g/mol. The number of benzene rings is 7. The Morgan fingerprint density at radius 2 is 0.643 bits per heavy atom. The van der Waals surface area contributed by atoms with Gasteiger partial charge >= 0.3 is 15.6 Å². The number of aliphatic hydroxyl groups is 2. The van der Waals surface area contributed by atoms with Crippen molar-refractivity contribution < 1.29 is 53.6 Å². The zero-order valence-corrected chi connectivity index (χ0v) is 81.6. The van der Waals surface area contributed by atoms with Crippen LogP contribution in [0.5, 0.6) is 0 Å². The van der Waals surface area contributed by atoms with Crippen LogP contribution in [0.15, 0.2) is 170 Å². The SMILES string of the molecule is C#CCN(C)C1CC(F)Cc2ccccc21.C#CCN(C)C1CC(O)Cc2ccccc21.C#CCN(C)C1CC(OS(=O)(=O)C(F)(F)F)Cc2ccccc21.C#CCN(C)C1CC(O[Si](C)(C)C(C)(C)C)Cc2ccccc21.C#CCN(C)C1CC([18F])Cc2ccccc21.C#CCNC1CC(O)Cc2ccccc21.CNC1CC(O[Si](C)(C)C(C)(C)C)Cc2ccccc21. The van der Waals surface area contributed by atoms with E-state index in [1.165, 1.54) is 55.6 Å². The molecule has 0 radical (unpaired) electrons. The van der Waals surface area contributed by atoms with Gasteiger partial charge in [-0.1, -0.05) is 247 Å². The molecule has 7 aromatic carbocycles. The molecule has 14 nitrogen and oxygen atoms in total. The predicted molar refractivity (Wildman–Crippen MR) is 522 cm³/mol. The smallest absolute Gasteiger partial charge is 0.414 e. The van der Waals surface area contributed by atoms with Crippen LogP contribution in [0.3, 0.4) is 0 Å². The summed E-state index contributed by atoms with van der Waals surface area (Å²) < 4.78 is 105. The fourth-order valence-electron chi connectivity index (χ4n) is 18.0. The van der Waals surface area contributed by atoms with Crippen molar-refractivity contribution in [3.8, 4) is 74.1 Å². The van der Waals surface area contributed by atoms with Crippen LogP contribution in [-0.2, 0) is 68.1 Å². The van der Waals surface area contributed by atoms with E-state index in [1.807, 2.05) is 104 Å².